The van der Waals surface area contributed by atoms with Gasteiger partial charge in [-0.1, -0.05) is 0 Å². The minimum absolute atomic E-state index is 0.0546. The van der Waals surface area contributed by atoms with Crippen LogP contribution in [-0.4, -0.2) is 51.1 Å². The molecule has 0 aromatic carbocycles. The molecule has 11 heteroatoms. The summed E-state index contributed by atoms with van der Waals surface area (Å²) in [4.78, 5) is 31.8. The average Bonchev–Trinajstić information content (AvgIpc) is 2.79. The van der Waals surface area contributed by atoms with E-state index >= 15 is 0 Å². The van der Waals surface area contributed by atoms with Crippen LogP contribution in [0.3, 0.4) is 0 Å². The van der Waals surface area contributed by atoms with E-state index in [-0.39, 0.29) is 40.8 Å². The fourth-order valence-electron chi connectivity index (χ4n) is 3.79. The third kappa shape index (κ3) is 5.20. The lowest BCUT2D eigenvalue weighted by Crippen LogP contribution is -2.43. The maximum atomic E-state index is 14.7. The third-order valence-corrected chi connectivity index (χ3v) is 5.28. The van der Waals surface area contributed by atoms with Crippen molar-refractivity contribution in [3.63, 3.8) is 0 Å². The van der Waals surface area contributed by atoms with Crippen LogP contribution in [0.2, 0.25) is 0 Å². The lowest BCUT2D eigenvalue weighted by molar-refractivity contribution is 0.102. The number of amides is 1. The summed E-state index contributed by atoms with van der Waals surface area (Å²) in [5, 5.41) is 2.81. The number of nitrogens with two attached hydrogens (primary N) is 2. The first kappa shape index (κ1) is 23.3. The summed E-state index contributed by atoms with van der Waals surface area (Å²) in [6, 6.07) is 2.91. The van der Waals surface area contributed by atoms with E-state index in [1.165, 1.54) is 12.4 Å². The summed E-state index contributed by atoms with van der Waals surface area (Å²) in [5.41, 5.74) is 13.1. The van der Waals surface area contributed by atoms with Crippen molar-refractivity contribution in [1.82, 2.24) is 19.9 Å². The van der Waals surface area contributed by atoms with Crippen LogP contribution in [0.4, 0.5) is 21.5 Å². The molecule has 1 fully saturated rings. The Bertz CT molecular complexity index is 1190. The molecule has 0 spiro atoms. The highest BCUT2D eigenvalue weighted by atomic mass is 19.1. The van der Waals surface area contributed by atoms with Crippen LogP contribution < -0.4 is 26.4 Å². The largest absolute Gasteiger partial charge is 0.474 e. The van der Waals surface area contributed by atoms with Gasteiger partial charge in [0.2, 0.25) is 5.88 Å². The Morgan fingerprint density at radius 3 is 2.85 bits per heavy atom. The van der Waals surface area contributed by atoms with Gasteiger partial charge >= 0.3 is 0 Å². The molecular formula is C23H27FN8O2. The van der Waals surface area contributed by atoms with Crippen LogP contribution in [-0.2, 0) is 0 Å². The van der Waals surface area contributed by atoms with E-state index in [0.29, 0.717) is 12.2 Å². The summed E-state index contributed by atoms with van der Waals surface area (Å²) in [6.45, 7) is 5.16. The van der Waals surface area contributed by atoms with Crippen LogP contribution in [0.25, 0.3) is 11.4 Å². The van der Waals surface area contributed by atoms with Gasteiger partial charge in [-0.25, -0.2) is 14.4 Å². The van der Waals surface area contributed by atoms with Crippen LogP contribution in [0.1, 0.15) is 37.2 Å². The molecular weight excluding hydrogens is 439 g/mol. The predicted octanol–water partition coefficient (Wildman–Crippen LogP) is 2.62. The average molecular weight is 467 g/mol. The zero-order chi connectivity index (χ0) is 24.2. The van der Waals surface area contributed by atoms with Crippen LogP contribution in [0.15, 0.2) is 36.9 Å². The first-order valence-corrected chi connectivity index (χ1v) is 11.0. The smallest absolute Gasteiger partial charge is 0.276 e. The molecule has 3 aromatic rings. The van der Waals surface area contributed by atoms with Gasteiger partial charge in [0, 0.05) is 31.4 Å². The summed E-state index contributed by atoms with van der Waals surface area (Å²) >= 11 is 0. The number of pyridine rings is 2. The topological polar surface area (TPSA) is 145 Å². The van der Waals surface area contributed by atoms with Crippen molar-refractivity contribution in [2.75, 3.05) is 29.0 Å². The summed E-state index contributed by atoms with van der Waals surface area (Å²) in [7, 11) is 0. The fourth-order valence-corrected chi connectivity index (χ4v) is 3.79. The number of ether oxygens (including phenoxy) is 1. The second kappa shape index (κ2) is 9.96. The number of halogens is 1. The third-order valence-electron chi connectivity index (χ3n) is 5.28. The van der Waals surface area contributed by atoms with E-state index in [9.17, 15) is 9.18 Å². The molecule has 1 atom stereocenters. The van der Waals surface area contributed by atoms with E-state index in [0.717, 1.165) is 31.1 Å². The van der Waals surface area contributed by atoms with Crippen LogP contribution in [0.5, 0.6) is 5.88 Å². The molecule has 4 rings (SSSR count). The molecule has 10 nitrogen and oxygen atoms in total. The van der Waals surface area contributed by atoms with Crippen molar-refractivity contribution in [2.24, 2.45) is 5.73 Å². The van der Waals surface area contributed by atoms with E-state index in [4.69, 9.17) is 16.2 Å². The lowest BCUT2D eigenvalue weighted by Gasteiger charge is -2.33. The molecule has 1 amide bonds. The van der Waals surface area contributed by atoms with Crippen LogP contribution >= 0.6 is 0 Å². The van der Waals surface area contributed by atoms with Crippen molar-refractivity contribution >= 4 is 23.0 Å². The van der Waals surface area contributed by atoms with Gasteiger partial charge in [-0.15, -0.1) is 0 Å². The quantitative estimate of drug-likeness (QED) is 0.499. The van der Waals surface area contributed by atoms with Gasteiger partial charge in [-0.3, -0.25) is 14.8 Å². The molecule has 0 bridgehead atoms. The first-order chi connectivity index (χ1) is 16.3. The molecule has 0 saturated carbocycles. The maximum absolute atomic E-state index is 14.7. The second-order valence-electron chi connectivity index (χ2n) is 8.36. The number of nitrogens with zero attached hydrogens (tertiary/aromatic N) is 5. The van der Waals surface area contributed by atoms with E-state index in [1.54, 1.807) is 12.4 Å². The highest BCUT2D eigenvalue weighted by Gasteiger charge is 2.23. The van der Waals surface area contributed by atoms with Crippen molar-refractivity contribution < 1.29 is 13.9 Å². The normalized spacial score (nSPS) is 15.9. The van der Waals surface area contributed by atoms with Gasteiger partial charge < -0.3 is 26.4 Å². The van der Waals surface area contributed by atoms with Crippen molar-refractivity contribution in [1.29, 1.82) is 0 Å². The Morgan fingerprint density at radius 1 is 1.26 bits per heavy atom. The van der Waals surface area contributed by atoms with Gasteiger partial charge in [0.25, 0.3) is 5.91 Å². The monoisotopic (exact) mass is 466 g/mol. The van der Waals surface area contributed by atoms with E-state index in [1.807, 2.05) is 19.9 Å². The Balaban J connectivity index is 1.63. The molecule has 34 heavy (non-hydrogen) atoms. The Morgan fingerprint density at radius 2 is 2.09 bits per heavy atom. The van der Waals surface area contributed by atoms with Gasteiger partial charge in [0.15, 0.2) is 11.5 Å². The number of aromatic nitrogens is 4. The maximum Gasteiger partial charge on any atom is 0.276 e. The molecule has 0 radical (unpaired) electrons. The minimum atomic E-state index is -0.727. The van der Waals surface area contributed by atoms with Gasteiger partial charge in [0.05, 0.1) is 41.8 Å². The number of hydrogen-bond donors (Lipinski definition) is 3. The molecule has 1 unspecified atom stereocenters. The van der Waals surface area contributed by atoms with Gasteiger partial charge in [0.1, 0.15) is 11.4 Å². The highest BCUT2D eigenvalue weighted by Crippen LogP contribution is 2.29. The molecule has 0 aliphatic carbocycles. The first-order valence-electron chi connectivity index (χ1n) is 11.0. The number of piperidine rings is 1. The molecule has 1 aliphatic rings. The predicted molar refractivity (Wildman–Crippen MR) is 127 cm³/mol. The SMILES string of the molecule is CC(C)Oc1cncc(-c2nc(C(=O)Nc3cnccc3N3CCCC(N)C3)c(N)cc2F)n1. The molecule has 5 N–H and O–H groups in total. The lowest BCUT2D eigenvalue weighted by atomic mass is 10.1. The van der Waals surface area contributed by atoms with E-state index < -0.39 is 11.7 Å². The number of carbonyl (C=O) groups is 1. The molecule has 3 aromatic heterocycles. The summed E-state index contributed by atoms with van der Waals surface area (Å²) < 4.78 is 20.3. The zero-order valence-electron chi connectivity index (χ0n) is 19.0. The number of nitrogen functional groups attached to an aromatic ring is 1. The molecule has 1 aliphatic heterocycles. The van der Waals surface area contributed by atoms with Gasteiger partial charge in [-0.05, 0) is 32.8 Å². The van der Waals surface area contributed by atoms with E-state index in [2.05, 4.69) is 30.2 Å². The highest BCUT2D eigenvalue weighted by molar-refractivity contribution is 6.07. The summed E-state index contributed by atoms with van der Waals surface area (Å²) in [6.07, 6.45) is 7.73. The zero-order valence-corrected chi connectivity index (χ0v) is 19.0. The minimum Gasteiger partial charge on any atom is -0.474 e. The van der Waals surface area contributed by atoms with Gasteiger partial charge in [-0.2, -0.15) is 0 Å². The molecule has 178 valence electrons. The number of hydrogen-bond acceptors (Lipinski definition) is 9. The number of nitrogens with one attached hydrogen (secondary N) is 1. The van der Waals surface area contributed by atoms with Crippen LogP contribution in [0, 0.1) is 5.82 Å². The standard InChI is InChI=1S/C23H27FN8O2/c1-13(2)34-20-11-28-10-18(29-20)21-15(24)8-16(26)22(31-21)23(33)30-17-9-27-6-5-19(17)32-7-3-4-14(25)12-32/h5-6,8-11,13-14H,3-4,7,12,25-26H2,1-2H3,(H,30,33). The van der Waals surface area contributed by atoms with Crippen molar-refractivity contribution in [2.45, 2.75) is 38.8 Å². The Labute approximate surface area is 196 Å². The second-order valence-corrected chi connectivity index (χ2v) is 8.36. The van der Waals surface area contributed by atoms with Crippen molar-refractivity contribution in [3.05, 3.63) is 48.4 Å². The Kier molecular flexibility index (Phi) is 6.82. The number of anilines is 3. The number of carbonyl (C=O) groups excluding carboxylic acids is 1. The Hall–Kier alpha value is -3.86. The molecule has 4 heterocycles. The summed E-state index contributed by atoms with van der Waals surface area (Å²) in [5.74, 6) is -1.11. The molecule has 1 saturated heterocycles. The number of rotatable bonds is 6. The van der Waals surface area contributed by atoms with Crippen molar-refractivity contribution in [3.8, 4) is 17.3 Å². The fraction of sp³-hybridized carbons (Fsp3) is 0.348.